The second-order valence-electron chi connectivity index (χ2n) is 7.08. The summed E-state index contributed by atoms with van der Waals surface area (Å²) in [6.07, 6.45) is 5.03. The number of amides is 2. The SMILES string of the molecule is O=C(COc1ccc(-c2ccccc2)cc1)NNC(=S)NC(=O)CC1CCCC1. The van der Waals surface area contributed by atoms with Gasteiger partial charge < -0.3 is 10.1 Å². The summed E-state index contributed by atoms with van der Waals surface area (Å²) in [5, 5.41) is 2.66. The molecule has 3 N–H and O–H groups in total. The predicted molar refractivity (Wildman–Crippen MR) is 116 cm³/mol. The summed E-state index contributed by atoms with van der Waals surface area (Å²) in [6.45, 7) is -0.170. The van der Waals surface area contributed by atoms with E-state index in [1.165, 1.54) is 12.8 Å². The van der Waals surface area contributed by atoms with Crippen molar-refractivity contribution in [1.29, 1.82) is 0 Å². The highest BCUT2D eigenvalue weighted by Crippen LogP contribution is 2.27. The van der Waals surface area contributed by atoms with Gasteiger partial charge in [0.2, 0.25) is 5.91 Å². The summed E-state index contributed by atoms with van der Waals surface area (Å²) in [4.78, 5) is 23.8. The third-order valence-electron chi connectivity index (χ3n) is 4.85. The molecular formula is C22H25N3O3S. The summed E-state index contributed by atoms with van der Waals surface area (Å²) in [5.41, 5.74) is 7.13. The van der Waals surface area contributed by atoms with Crippen molar-refractivity contribution in [3.63, 3.8) is 0 Å². The fraction of sp³-hybridized carbons (Fsp3) is 0.318. The summed E-state index contributed by atoms with van der Waals surface area (Å²) >= 11 is 5.03. The predicted octanol–water partition coefficient (Wildman–Crippen LogP) is 3.33. The zero-order chi connectivity index (χ0) is 20.5. The number of carbonyl (C=O) groups excluding carboxylic acids is 2. The van der Waals surface area contributed by atoms with Gasteiger partial charge in [0.1, 0.15) is 5.75 Å². The van der Waals surface area contributed by atoms with E-state index < -0.39 is 5.91 Å². The molecule has 0 unspecified atom stereocenters. The standard InChI is InChI=1S/C22H25N3O3S/c26-20(14-16-6-4-5-7-16)23-22(29)25-24-21(27)15-28-19-12-10-18(11-13-19)17-8-2-1-3-9-17/h1-3,8-13,16H,4-7,14-15H2,(H,24,27)(H2,23,25,26,29). The van der Waals surface area contributed by atoms with E-state index in [2.05, 4.69) is 16.2 Å². The van der Waals surface area contributed by atoms with Crippen LogP contribution in [0, 0.1) is 5.92 Å². The Labute approximate surface area is 176 Å². The number of rotatable bonds is 6. The third kappa shape index (κ3) is 6.87. The lowest BCUT2D eigenvalue weighted by molar-refractivity contribution is -0.124. The Hall–Kier alpha value is -2.93. The Morgan fingerprint density at radius 2 is 1.55 bits per heavy atom. The van der Waals surface area contributed by atoms with Crippen LogP contribution in [0.25, 0.3) is 11.1 Å². The lowest BCUT2D eigenvalue weighted by Crippen LogP contribution is -2.49. The van der Waals surface area contributed by atoms with Crippen LogP contribution in [0.1, 0.15) is 32.1 Å². The number of nitrogens with one attached hydrogen (secondary N) is 3. The second kappa shape index (κ2) is 10.6. The third-order valence-corrected chi connectivity index (χ3v) is 5.05. The van der Waals surface area contributed by atoms with Crippen LogP contribution in [0.15, 0.2) is 54.6 Å². The number of carbonyl (C=O) groups is 2. The van der Waals surface area contributed by atoms with E-state index in [1.54, 1.807) is 0 Å². The summed E-state index contributed by atoms with van der Waals surface area (Å²) in [7, 11) is 0. The van der Waals surface area contributed by atoms with Crippen molar-refractivity contribution in [2.45, 2.75) is 32.1 Å². The topological polar surface area (TPSA) is 79.5 Å². The zero-order valence-electron chi connectivity index (χ0n) is 16.1. The Kier molecular flexibility index (Phi) is 7.58. The molecule has 0 aromatic heterocycles. The average molecular weight is 412 g/mol. The minimum Gasteiger partial charge on any atom is -0.484 e. The Morgan fingerprint density at radius 3 is 2.24 bits per heavy atom. The van der Waals surface area contributed by atoms with Crippen molar-refractivity contribution < 1.29 is 14.3 Å². The van der Waals surface area contributed by atoms with E-state index in [0.717, 1.165) is 24.0 Å². The molecule has 2 aromatic rings. The van der Waals surface area contributed by atoms with Gasteiger partial charge in [-0.2, -0.15) is 0 Å². The largest absolute Gasteiger partial charge is 0.484 e. The Bertz CT molecular complexity index is 834. The molecule has 0 spiro atoms. The maximum absolute atomic E-state index is 11.9. The van der Waals surface area contributed by atoms with Crippen LogP contribution in [0.4, 0.5) is 0 Å². The highest BCUT2D eigenvalue weighted by molar-refractivity contribution is 7.80. The molecule has 152 valence electrons. The molecule has 2 amide bonds. The lowest BCUT2D eigenvalue weighted by atomic mass is 10.0. The van der Waals surface area contributed by atoms with E-state index in [-0.39, 0.29) is 17.6 Å². The van der Waals surface area contributed by atoms with Gasteiger partial charge in [0, 0.05) is 6.42 Å². The quantitative estimate of drug-likeness (QED) is 0.502. The van der Waals surface area contributed by atoms with Gasteiger partial charge in [-0.15, -0.1) is 0 Å². The summed E-state index contributed by atoms with van der Waals surface area (Å²) in [6, 6.07) is 17.5. The first-order valence-electron chi connectivity index (χ1n) is 9.77. The van der Waals surface area contributed by atoms with Gasteiger partial charge in [0.15, 0.2) is 11.7 Å². The first-order chi connectivity index (χ1) is 14.1. The molecule has 0 atom stereocenters. The van der Waals surface area contributed by atoms with Crippen LogP contribution in [0.3, 0.4) is 0 Å². The number of hydrazine groups is 1. The minimum absolute atomic E-state index is 0.0774. The number of hydrogen-bond acceptors (Lipinski definition) is 4. The summed E-state index contributed by atoms with van der Waals surface area (Å²) in [5.74, 6) is 0.504. The van der Waals surface area contributed by atoms with Gasteiger partial charge in [-0.05, 0) is 54.2 Å². The summed E-state index contributed by atoms with van der Waals surface area (Å²) < 4.78 is 5.48. The van der Waals surface area contributed by atoms with Crippen molar-refractivity contribution in [3.05, 3.63) is 54.6 Å². The van der Waals surface area contributed by atoms with Gasteiger partial charge in [0.25, 0.3) is 5.91 Å². The highest BCUT2D eigenvalue weighted by atomic mass is 32.1. The first-order valence-corrected chi connectivity index (χ1v) is 10.2. The van der Waals surface area contributed by atoms with E-state index >= 15 is 0 Å². The fourth-order valence-electron chi connectivity index (χ4n) is 3.37. The molecule has 1 fully saturated rings. The van der Waals surface area contributed by atoms with Crippen LogP contribution in [0.5, 0.6) is 5.75 Å². The molecule has 1 aliphatic rings. The van der Waals surface area contributed by atoms with Crippen molar-refractivity contribution in [2.75, 3.05) is 6.61 Å². The van der Waals surface area contributed by atoms with Crippen LogP contribution in [-0.2, 0) is 9.59 Å². The van der Waals surface area contributed by atoms with Crippen LogP contribution in [-0.4, -0.2) is 23.5 Å². The second-order valence-corrected chi connectivity index (χ2v) is 7.49. The molecule has 1 aliphatic carbocycles. The molecule has 0 saturated heterocycles. The molecular weight excluding hydrogens is 386 g/mol. The van der Waals surface area contributed by atoms with Crippen LogP contribution < -0.4 is 20.9 Å². The monoisotopic (exact) mass is 411 g/mol. The minimum atomic E-state index is -0.399. The fourth-order valence-corrected chi connectivity index (χ4v) is 3.54. The van der Waals surface area contributed by atoms with Crippen molar-refractivity contribution in [1.82, 2.24) is 16.2 Å². The van der Waals surface area contributed by atoms with E-state index in [4.69, 9.17) is 17.0 Å². The average Bonchev–Trinajstić information content (AvgIpc) is 3.24. The molecule has 0 aliphatic heterocycles. The van der Waals surface area contributed by atoms with Crippen LogP contribution >= 0.6 is 12.2 Å². The van der Waals surface area contributed by atoms with Crippen molar-refractivity contribution in [2.24, 2.45) is 5.92 Å². The first kappa shape index (κ1) is 20.8. The van der Waals surface area contributed by atoms with Crippen molar-refractivity contribution >= 4 is 29.1 Å². The molecule has 0 radical (unpaired) electrons. The molecule has 0 bridgehead atoms. The van der Waals surface area contributed by atoms with Gasteiger partial charge in [0.05, 0.1) is 0 Å². The van der Waals surface area contributed by atoms with Gasteiger partial charge >= 0.3 is 0 Å². The van der Waals surface area contributed by atoms with Crippen molar-refractivity contribution in [3.8, 4) is 16.9 Å². The molecule has 3 rings (SSSR count). The molecule has 1 saturated carbocycles. The van der Waals surface area contributed by atoms with Crippen LogP contribution in [0.2, 0.25) is 0 Å². The number of benzene rings is 2. The van der Waals surface area contributed by atoms with Gasteiger partial charge in [-0.1, -0.05) is 55.3 Å². The molecule has 2 aromatic carbocycles. The molecule has 0 heterocycles. The zero-order valence-corrected chi connectivity index (χ0v) is 17.0. The number of ether oxygens (including phenoxy) is 1. The molecule has 6 nitrogen and oxygen atoms in total. The number of hydrogen-bond donors (Lipinski definition) is 3. The molecule has 29 heavy (non-hydrogen) atoms. The number of thiocarbonyl (C=S) groups is 1. The Morgan fingerprint density at radius 1 is 0.897 bits per heavy atom. The lowest BCUT2D eigenvalue weighted by Gasteiger charge is -2.13. The smallest absolute Gasteiger partial charge is 0.276 e. The van der Waals surface area contributed by atoms with E-state index in [1.807, 2.05) is 54.6 Å². The molecule has 7 heteroatoms. The Balaban J connectivity index is 1.35. The normalized spacial score (nSPS) is 13.5. The highest BCUT2D eigenvalue weighted by Gasteiger charge is 2.18. The van der Waals surface area contributed by atoms with Gasteiger partial charge in [-0.25, -0.2) is 0 Å². The maximum atomic E-state index is 11.9. The van der Waals surface area contributed by atoms with E-state index in [9.17, 15) is 9.59 Å². The maximum Gasteiger partial charge on any atom is 0.276 e. The van der Waals surface area contributed by atoms with E-state index in [0.29, 0.717) is 18.1 Å². The van der Waals surface area contributed by atoms with Gasteiger partial charge in [-0.3, -0.25) is 20.4 Å².